The second-order valence-corrected chi connectivity index (χ2v) is 4.98. The van der Waals surface area contributed by atoms with Gasteiger partial charge >= 0.3 is 0 Å². The molecule has 0 amide bonds. The van der Waals surface area contributed by atoms with Crippen molar-refractivity contribution in [1.29, 1.82) is 0 Å². The van der Waals surface area contributed by atoms with Crippen LogP contribution in [0.25, 0.3) is 11.6 Å². The Bertz CT molecular complexity index is 553. The SMILES string of the molecule is CCc1cc(-c2nc(C3CCNCC3)no2)n(C)n1. The average molecular weight is 261 g/mol. The van der Waals surface area contributed by atoms with Gasteiger partial charge in [-0.15, -0.1) is 0 Å². The van der Waals surface area contributed by atoms with Crippen molar-refractivity contribution in [1.82, 2.24) is 25.2 Å². The molecule has 6 heteroatoms. The third kappa shape index (κ3) is 2.40. The molecule has 19 heavy (non-hydrogen) atoms. The molecule has 1 N–H and O–H groups in total. The summed E-state index contributed by atoms with van der Waals surface area (Å²) in [4.78, 5) is 4.55. The van der Waals surface area contributed by atoms with Gasteiger partial charge in [0.1, 0.15) is 5.69 Å². The smallest absolute Gasteiger partial charge is 0.276 e. The molecule has 0 aliphatic carbocycles. The lowest BCUT2D eigenvalue weighted by molar-refractivity contribution is 0.390. The predicted molar refractivity (Wildman–Crippen MR) is 70.7 cm³/mol. The van der Waals surface area contributed by atoms with Crippen LogP contribution in [0.4, 0.5) is 0 Å². The number of rotatable bonds is 3. The van der Waals surface area contributed by atoms with E-state index in [4.69, 9.17) is 4.52 Å². The zero-order valence-corrected chi connectivity index (χ0v) is 11.4. The van der Waals surface area contributed by atoms with Crippen LogP contribution in [0.15, 0.2) is 10.6 Å². The molecule has 3 rings (SSSR count). The number of hydrogen-bond donors (Lipinski definition) is 1. The molecular weight excluding hydrogens is 242 g/mol. The second-order valence-electron chi connectivity index (χ2n) is 4.98. The molecule has 6 nitrogen and oxygen atoms in total. The van der Waals surface area contributed by atoms with E-state index >= 15 is 0 Å². The minimum absolute atomic E-state index is 0.414. The lowest BCUT2D eigenvalue weighted by Gasteiger charge is -2.18. The van der Waals surface area contributed by atoms with Crippen molar-refractivity contribution in [2.24, 2.45) is 7.05 Å². The molecule has 1 fully saturated rings. The first-order valence-electron chi connectivity index (χ1n) is 6.85. The fraction of sp³-hybridized carbons (Fsp3) is 0.615. The van der Waals surface area contributed by atoms with Crippen LogP contribution in [-0.2, 0) is 13.5 Å². The number of nitrogens with one attached hydrogen (secondary N) is 1. The van der Waals surface area contributed by atoms with Gasteiger partial charge in [-0.25, -0.2) is 0 Å². The topological polar surface area (TPSA) is 68.8 Å². The maximum absolute atomic E-state index is 5.40. The van der Waals surface area contributed by atoms with Crippen molar-refractivity contribution in [3.05, 3.63) is 17.6 Å². The Labute approximate surface area is 112 Å². The normalized spacial score (nSPS) is 16.9. The van der Waals surface area contributed by atoms with Gasteiger partial charge in [0.2, 0.25) is 0 Å². The van der Waals surface area contributed by atoms with Gasteiger partial charge in [0.25, 0.3) is 5.89 Å². The van der Waals surface area contributed by atoms with Crippen LogP contribution in [0, 0.1) is 0 Å². The lowest BCUT2D eigenvalue weighted by atomic mass is 9.98. The largest absolute Gasteiger partial charge is 0.332 e. The van der Waals surface area contributed by atoms with Crippen LogP contribution in [0.3, 0.4) is 0 Å². The van der Waals surface area contributed by atoms with Crippen LogP contribution in [0.2, 0.25) is 0 Å². The number of aryl methyl sites for hydroxylation is 2. The zero-order chi connectivity index (χ0) is 13.2. The molecule has 2 aromatic heterocycles. The van der Waals surface area contributed by atoms with E-state index in [1.807, 2.05) is 13.1 Å². The Balaban J connectivity index is 1.85. The molecule has 0 aromatic carbocycles. The summed E-state index contributed by atoms with van der Waals surface area (Å²) in [5.41, 5.74) is 1.93. The molecule has 0 radical (unpaired) electrons. The number of piperidine rings is 1. The summed E-state index contributed by atoms with van der Waals surface area (Å²) in [6.45, 7) is 4.14. The Morgan fingerprint density at radius 1 is 1.42 bits per heavy atom. The number of hydrogen-bond acceptors (Lipinski definition) is 5. The highest BCUT2D eigenvalue weighted by atomic mass is 16.5. The first-order valence-corrected chi connectivity index (χ1v) is 6.85. The summed E-state index contributed by atoms with van der Waals surface area (Å²) in [5.74, 6) is 1.82. The van der Waals surface area contributed by atoms with Crippen LogP contribution in [0.5, 0.6) is 0 Å². The number of aromatic nitrogens is 4. The van der Waals surface area contributed by atoms with Crippen molar-refractivity contribution in [3.8, 4) is 11.6 Å². The van der Waals surface area contributed by atoms with E-state index in [-0.39, 0.29) is 0 Å². The molecular formula is C13H19N5O. The van der Waals surface area contributed by atoms with E-state index in [1.54, 1.807) is 4.68 Å². The van der Waals surface area contributed by atoms with Gasteiger partial charge in [-0.2, -0.15) is 10.1 Å². The fourth-order valence-electron chi connectivity index (χ4n) is 2.48. The quantitative estimate of drug-likeness (QED) is 0.906. The van der Waals surface area contributed by atoms with Crippen molar-refractivity contribution in [2.75, 3.05) is 13.1 Å². The van der Waals surface area contributed by atoms with Gasteiger partial charge < -0.3 is 9.84 Å². The standard InChI is InChI=1S/C13H19N5O/c1-3-10-8-11(18(2)16-10)13-15-12(17-19-13)9-4-6-14-7-5-9/h8-9,14H,3-7H2,1-2H3. The molecule has 0 unspecified atom stereocenters. The van der Waals surface area contributed by atoms with E-state index in [1.165, 1.54) is 0 Å². The van der Waals surface area contributed by atoms with E-state index in [2.05, 4.69) is 27.5 Å². The van der Waals surface area contributed by atoms with Crippen molar-refractivity contribution < 1.29 is 4.52 Å². The molecule has 0 bridgehead atoms. The molecule has 1 aliphatic heterocycles. The van der Waals surface area contributed by atoms with Gasteiger partial charge in [0.05, 0.1) is 5.69 Å². The average Bonchev–Trinajstić information content (AvgIpc) is 3.06. The molecule has 1 saturated heterocycles. The van der Waals surface area contributed by atoms with Gasteiger partial charge in [-0.1, -0.05) is 12.1 Å². The van der Waals surface area contributed by atoms with Crippen LogP contribution in [0.1, 0.15) is 37.2 Å². The molecule has 2 aromatic rings. The maximum Gasteiger partial charge on any atom is 0.276 e. The zero-order valence-electron chi connectivity index (χ0n) is 11.4. The molecule has 0 atom stereocenters. The van der Waals surface area contributed by atoms with E-state index < -0.39 is 0 Å². The third-order valence-corrected chi connectivity index (χ3v) is 3.66. The van der Waals surface area contributed by atoms with E-state index in [0.717, 1.165) is 49.6 Å². The molecule has 1 aliphatic rings. The molecule has 0 spiro atoms. The minimum atomic E-state index is 0.414. The summed E-state index contributed by atoms with van der Waals surface area (Å²) >= 11 is 0. The van der Waals surface area contributed by atoms with Gasteiger partial charge in [-0.05, 0) is 38.4 Å². The summed E-state index contributed by atoms with van der Waals surface area (Å²) in [6, 6.07) is 2.01. The molecule has 0 saturated carbocycles. The second kappa shape index (κ2) is 5.13. The Morgan fingerprint density at radius 3 is 2.89 bits per heavy atom. The number of nitrogens with zero attached hydrogens (tertiary/aromatic N) is 4. The van der Waals surface area contributed by atoms with Crippen molar-refractivity contribution in [3.63, 3.8) is 0 Å². The van der Waals surface area contributed by atoms with Crippen molar-refractivity contribution in [2.45, 2.75) is 32.1 Å². The van der Waals surface area contributed by atoms with Crippen LogP contribution >= 0.6 is 0 Å². The van der Waals surface area contributed by atoms with Crippen LogP contribution < -0.4 is 5.32 Å². The Hall–Kier alpha value is -1.69. The fourth-order valence-corrected chi connectivity index (χ4v) is 2.48. The monoisotopic (exact) mass is 261 g/mol. The summed E-state index contributed by atoms with van der Waals surface area (Å²) < 4.78 is 7.20. The van der Waals surface area contributed by atoms with Crippen LogP contribution in [-0.4, -0.2) is 33.0 Å². The minimum Gasteiger partial charge on any atom is -0.332 e. The predicted octanol–water partition coefficient (Wildman–Crippen LogP) is 1.50. The highest BCUT2D eigenvalue weighted by Gasteiger charge is 2.22. The highest BCUT2D eigenvalue weighted by molar-refractivity contribution is 5.47. The molecule has 3 heterocycles. The Morgan fingerprint density at radius 2 is 2.21 bits per heavy atom. The Kier molecular flexibility index (Phi) is 3.33. The molecule has 102 valence electrons. The summed E-state index contributed by atoms with van der Waals surface area (Å²) in [5, 5.41) is 11.9. The third-order valence-electron chi connectivity index (χ3n) is 3.66. The summed E-state index contributed by atoms with van der Waals surface area (Å²) in [7, 11) is 1.91. The van der Waals surface area contributed by atoms with Gasteiger partial charge in [-0.3, -0.25) is 4.68 Å². The first kappa shape index (κ1) is 12.3. The van der Waals surface area contributed by atoms with Crippen molar-refractivity contribution >= 4 is 0 Å². The van der Waals surface area contributed by atoms with E-state index in [9.17, 15) is 0 Å². The highest BCUT2D eigenvalue weighted by Crippen LogP contribution is 2.25. The van der Waals surface area contributed by atoms with E-state index in [0.29, 0.717) is 11.8 Å². The maximum atomic E-state index is 5.40. The van der Waals surface area contributed by atoms with Gasteiger partial charge in [0.15, 0.2) is 5.82 Å². The lowest BCUT2D eigenvalue weighted by Crippen LogP contribution is -2.27. The first-order chi connectivity index (χ1) is 9.28. The van der Waals surface area contributed by atoms with Gasteiger partial charge in [0, 0.05) is 13.0 Å². The summed E-state index contributed by atoms with van der Waals surface area (Å²) in [6.07, 6.45) is 3.05.